The summed E-state index contributed by atoms with van der Waals surface area (Å²) in [6.45, 7) is 0. The Kier molecular flexibility index (Phi) is 6.31. The maximum atomic E-state index is 6.58. The van der Waals surface area contributed by atoms with Crippen molar-refractivity contribution in [2.24, 2.45) is 29.1 Å². The van der Waals surface area contributed by atoms with Crippen molar-refractivity contribution in [3.8, 4) is 44.5 Å². The van der Waals surface area contributed by atoms with Crippen LogP contribution in [0.2, 0.25) is 0 Å². The van der Waals surface area contributed by atoms with Gasteiger partial charge in [0.15, 0.2) is 0 Å². The molecule has 2 heteroatoms. The zero-order valence-electron chi connectivity index (χ0n) is 32.7. The number of para-hydroxylation sites is 1. The Morgan fingerprint density at radius 3 is 1.81 bits per heavy atom. The molecule has 2 nitrogen and oxygen atoms in total. The monoisotopic (exact) mass is 755 g/mol. The van der Waals surface area contributed by atoms with Gasteiger partial charge in [-0.2, -0.15) is 0 Å². The van der Waals surface area contributed by atoms with Crippen LogP contribution in [0.4, 0.5) is 17.1 Å². The van der Waals surface area contributed by atoms with Gasteiger partial charge in [0.1, 0.15) is 11.2 Å². The Balaban J connectivity index is 1.02. The van der Waals surface area contributed by atoms with Gasteiger partial charge >= 0.3 is 0 Å². The quantitative estimate of drug-likeness (QED) is 0.168. The van der Waals surface area contributed by atoms with Gasteiger partial charge in [0.25, 0.3) is 0 Å². The zero-order chi connectivity index (χ0) is 38.5. The molecule has 0 saturated heterocycles. The molecule has 0 radical (unpaired) electrons. The van der Waals surface area contributed by atoms with E-state index >= 15 is 0 Å². The third kappa shape index (κ3) is 3.98. The summed E-state index contributed by atoms with van der Waals surface area (Å²) in [6.07, 6.45) is 4.26. The minimum atomic E-state index is 0.117. The molecule has 4 atom stereocenters. The lowest BCUT2D eigenvalue weighted by molar-refractivity contribution is -0.412. The van der Waals surface area contributed by atoms with Crippen LogP contribution in [-0.4, -0.2) is 0 Å². The van der Waals surface area contributed by atoms with Crippen molar-refractivity contribution in [1.82, 2.24) is 0 Å². The highest BCUT2D eigenvalue weighted by Crippen LogP contribution is 2.95. The van der Waals surface area contributed by atoms with Crippen molar-refractivity contribution in [3.63, 3.8) is 0 Å². The molecule has 8 aromatic carbocycles. The number of hydrogen-bond acceptors (Lipinski definition) is 2. The molecule has 59 heavy (non-hydrogen) atoms. The van der Waals surface area contributed by atoms with Gasteiger partial charge in [-0.1, -0.05) is 140 Å². The second-order valence-corrected chi connectivity index (χ2v) is 18.0. The van der Waals surface area contributed by atoms with E-state index in [0.29, 0.717) is 5.41 Å². The SMILES string of the molecule is c1ccc(-c2ccc(N(c3ccc4c(c3)-c3c(-c5ccccc5)cccc3C43C4CC5CC6CC3C564)c3ccc4c(c3)oc3ccccc34)c(-c3ccccc3)c2)cc1. The van der Waals surface area contributed by atoms with Crippen molar-refractivity contribution in [1.29, 1.82) is 0 Å². The fourth-order valence-corrected chi connectivity index (χ4v) is 13.7. The Morgan fingerprint density at radius 2 is 1.07 bits per heavy atom. The van der Waals surface area contributed by atoms with E-state index in [4.69, 9.17) is 4.42 Å². The summed E-state index contributed by atoms with van der Waals surface area (Å²) in [5.41, 5.74) is 19.4. The van der Waals surface area contributed by atoms with Crippen molar-refractivity contribution < 1.29 is 4.42 Å². The maximum Gasteiger partial charge on any atom is 0.137 e. The van der Waals surface area contributed by atoms with E-state index in [1.54, 1.807) is 11.1 Å². The second kappa shape index (κ2) is 11.5. The van der Waals surface area contributed by atoms with E-state index in [9.17, 15) is 0 Å². The summed E-state index contributed by atoms with van der Waals surface area (Å²) in [6, 6.07) is 69.7. The first-order valence-electron chi connectivity index (χ1n) is 21.5. The number of fused-ring (bicyclic) bond motifs is 10. The molecule has 0 bridgehead atoms. The largest absolute Gasteiger partial charge is 0.456 e. The van der Waals surface area contributed by atoms with Crippen molar-refractivity contribution in [3.05, 3.63) is 199 Å². The van der Waals surface area contributed by atoms with Gasteiger partial charge in [-0.05, 0) is 141 Å². The normalized spacial score (nSPS) is 24.9. The van der Waals surface area contributed by atoms with Gasteiger partial charge in [-0.15, -0.1) is 0 Å². The standard InChI is InChI=1S/C57H41NO/c1-4-13-35(14-5-1)38-23-28-50(46(29-38)37-17-8-3-9-18-37)58(42-24-26-45-44-19-10-11-22-51(44)59-52(45)34-42)41-25-27-48-47(33-41)55-43(36-15-6-2-7-16-36)20-12-21-49(55)57(48)53-31-39-30-40-32-54(57)56(39,40)53/h1-29,33-34,39-40,53-54H,30-32H2. The third-order valence-electron chi connectivity index (χ3n) is 16.0. The predicted molar refractivity (Wildman–Crippen MR) is 241 cm³/mol. The molecule has 5 aliphatic rings. The number of benzene rings is 8. The molecule has 4 saturated carbocycles. The molecule has 1 aromatic heterocycles. The highest BCUT2D eigenvalue weighted by Gasteiger charge is 2.90. The molecule has 280 valence electrons. The zero-order valence-corrected chi connectivity index (χ0v) is 32.7. The lowest BCUT2D eigenvalue weighted by Crippen LogP contribution is -2.88. The molecule has 0 N–H and O–H groups in total. The number of furan rings is 1. The lowest BCUT2D eigenvalue weighted by atomic mass is 9.11. The minimum Gasteiger partial charge on any atom is -0.456 e. The van der Waals surface area contributed by atoms with Crippen LogP contribution in [-0.2, 0) is 5.41 Å². The van der Waals surface area contributed by atoms with E-state index in [2.05, 4.69) is 193 Å². The van der Waals surface area contributed by atoms with E-state index in [1.165, 1.54) is 63.8 Å². The predicted octanol–water partition coefficient (Wildman–Crippen LogP) is 15.0. The fraction of sp³-hybridized carbons (Fsp3) is 0.158. The van der Waals surface area contributed by atoms with E-state index in [1.807, 2.05) is 0 Å². The Bertz CT molecular complexity index is 3160. The highest BCUT2D eigenvalue weighted by atomic mass is 16.3. The van der Waals surface area contributed by atoms with Gasteiger partial charge < -0.3 is 9.32 Å². The Hall–Kier alpha value is -6.64. The molecule has 4 unspecified atom stereocenters. The van der Waals surface area contributed by atoms with Crippen LogP contribution in [0.3, 0.4) is 0 Å². The van der Waals surface area contributed by atoms with Crippen LogP contribution in [0.1, 0.15) is 30.4 Å². The molecule has 2 spiro atoms. The number of rotatable bonds is 6. The third-order valence-corrected chi connectivity index (χ3v) is 16.0. The highest BCUT2D eigenvalue weighted by molar-refractivity contribution is 6.06. The van der Waals surface area contributed by atoms with Crippen LogP contribution in [0.25, 0.3) is 66.4 Å². The Labute approximate surface area is 344 Å². The molecule has 9 aromatic rings. The smallest absolute Gasteiger partial charge is 0.137 e. The topological polar surface area (TPSA) is 16.4 Å². The minimum absolute atomic E-state index is 0.117. The van der Waals surface area contributed by atoms with Gasteiger partial charge in [0, 0.05) is 39.2 Å². The van der Waals surface area contributed by atoms with Crippen LogP contribution >= 0.6 is 0 Å². The van der Waals surface area contributed by atoms with Crippen LogP contribution in [0.15, 0.2) is 192 Å². The summed E-state index contributed by atoms with van der Waals surface area (Å²) >= 11 is 0. The first-order valence-corrected chi connectivity index (χ1v) is 21.5. The summed E-state index contributed by atoms with van der Waals surface area (Å²) in [7, 11) is 0. The van der Waals surface area contributed by atoms with E-state index < -0.39 is 0 Å². The van der Waals surface area contributed by atoms with E-state index in [-0.39, 0.29) is 5.41 Å². The maximum absolute atomic E-state index is 6.58. The first-order chi connectivity index (χ1) is 29.2. The average molecular weight is 756 g/mol. The van der Waals surface area contributed by atoms with Crippen molar-refractivity contribution in [2.45, 2.75) is 24.7 Å². The van der Waals surface area contributed by atoms with Gasteiger partial charge in [-0.25, -0.2) is 0 Å². The average Bonchev–Trinajstić information content (AvgIpc) is 3.79. The number of hydrogen-bond donors (Lipinski definition) is 0. The van der Waals surface area contributed by atoms with E-state index in [0.717, 1.165) is 62.7 Å². The van der Waals surface area contributed by atoms with Gasteiger partial charge in [0.05, 0.1) is 5.69 Å². The summed E-state index contributed by atoms with van der Waals surface area (Å²) in [5, 5.41) is 2.28. The second-order valence-electron chi connectivity index (χ2n) is 18.0. The number of anilines is 3. The van der Waals surface area contributed by atoms with Crippen molar-refractivity contribution in [2.75, 3.05) is 4.90 Å². The van der Waals surface area contributed by atoms with Crippen LogP contribution in [0.5, 0.6) is 0 Å². The lowest BCUT2D eigenvalue weighted by Gasteiger charge is -2.92. The summed E-state index contributed by atoms with van der Waals surface area (Å²) in [4.78, 5) is 2.49. The summed E-state index contributed by atoms with van der Waals surface area (Å²) < 4.78 is 6.58. The molecule has 14 rings (SSSR count). The molecule has 0 aliphatic heterocycles. The van der Waals surface area contributed by atoms with Gasteiger partial charge in [-0.3, -0.25) is 0 Å². The molecule has 0 amide bonds. The molecule has 1 heterocycles. The van der Waals surface area contributed by atoms with Crippen LogP contribution in [0, 0.1) is 29.1 Å². The van der Waals surface area contributed by atoms with Crippen LogP contribution < -0.4 is 4.90 Å². The molecule has 5 aliphatic carbocycles. The fourth-order valence-electron chi connectivity index (χ4n) is 13.7. The molecular formula is C57H41NO. The summed E-state index contributed by atoms with van der Waals surface area (Å²) in [5.74, 6) is 3.45. The Morgan fingerprint density at radius 1 is 0.424 bits per heavy atom. The number of nitrogens with zero attached hydrogens (tertiary/aromatic N) is 1. The first kappa shape index (κ1) is 32.3. The molecule has 4 fully saturated rings. The molecular weight excluding hydrogens is 715 g/mol. The van der Waals surface area contributed by atoms with Gasteiger partial charge in [0.2, 0.25) is 0 Å². The van der Waals surface area contributed by atoms with Crippen molar-refractivity contribution >= 4 is 39.0 Å².